The summed E-state index contributed by atoms with van der Waals surface area (Å²) >= 11 is 0. The first-order valence-corrected chi connectivity index (χ1v) is 9.43. The molecule has 3 rings (SSSR count). The van der Waals surface area contributed by atoms with Crippen LogP contribution in [0.3, 0.4) is 0 Å². The molecule has 3 heterocycles. The summed E-state index contributed by atoms with van der Waals surface area (Å²) in [7, 11) is 1.64. The lowest BCUT2D eigenvalue weighted by molar-refractivity contribution is -0.139. The number of fused-ring (bicyclic) bond motifs is 1. The zero-order valence-corrected chi connectivity index (χ0v) is 17.2. The van der Waals surface area contributed by atoms with Gasteiger partial charge in [-0.15, -0.1) is 0 Å². The van der Waals surface area contributed by atoms with E-state index in [1.165, 1.54) is 6.08 Å². The Morgan fingerprint density at radius 3 is 2.77 bits per heavy atom. The van der Waals surface area contributed by atoms with Crippen LogP contribution in [-0.2, 0) is 27.4 Å². The fourth-order valence-electron chi connectivity index (χ4n) is 3.43. The summed E-state index contributed by atoms with van der Waals surface area (Å²) in [6, 6.07) is 11.5. The molecule has 0 atom stereocenters. The van der Waals surface area contributed by atoms with Crippen LogP contribution in [0.15, 0.2) is 42.2 Å². The Morgan fingerprint density at radius 1 is 1.27 bits per heavy atom. The maximum atomic E-state index is 12.5. The van der Waals surface area contributed by atoms with Crippen LogP contribution < -0.4 is 0 Å². The van der Waals surface area contributed by atoms with Crippen molar-refractivity contribution in [3.8, 4) is 12.1 Å². The highest BCUT2D eigenvalue weighted by molar-refractivity contribution is 5.98. The number of nitrogens with zero attached hydrogens (tertiary/aromatic N) is 4. The largest absolute Gasteiger partial charge is 0.457 e. The summed E-state index contributed by atoms with van der Waals surface area (Å²) in [5, 5.41) is 18.9. The number of methoxy groups -OCH3 is 1. The van der Waals surface area contributed by atoms with E-state index >= 15 is 0 Å². The first-order valence-electron chi connectivity index (χ1n) is 9.43. The van der Waals surface area contributed by atoms with Crippen LogP contribution in [0.5, 0.6) is 0 Å². The summed E-state index contributed by atoms with van der Waals surface area (Å²) < 4.78 is 14.4. The van der Waals surface area contributed by atoms with E-state index in [1.807, 2.05) is 50.4 Å². The minimum absolute atomic E-state index is 0.0880. The van der Waals surface area contributed by atoms with E-state index in [9.17, 15) is 15.3 Å². The Hall–Kier alpha value is -3.81. The Kier molecular flexibility index (Phi) is 6.36. The minimum Gasteiger partial charge on any atom is -0.457 e. The summed E-state index contributed by atoms with van der Waals surface area (Å²) in [5.74, 6) is -0.724. The van der Waals surface area contributed by atoms with Crippen molar-refractivity contribution in [3.63, 3.8) is 0 Å². The molecule has 7 heteroatoms. The van der Waals surface area contributed by atoms with Crippen LogP contribution in [0, 0.1) is 36.5 Å². The molecule has 0 fully saturated rings. The number of rotatable bonds is 7. The lowest BCUT2D eigenvalue weighted by atomic mass is 10.1. The minimum atomic E-state index is -0.724. The number of esters is 1. The second kappa shape index (κ2) is 9.13. The van der Waals surface area contributed by atoms with Gasteiger partial charge in [0, 0.05) is 43.0 Å². The number of pyridine rings is 1. The molecule has 0 spiro atoms. The van der Waals surface area contributed by atoms with Gasteiger partial charge in [0.15, 0.2) is 0 Å². The van der Waals surface area contributed by atoms with Crippen molar-refractivity contribution in [2.24, 2.45) is 0 Å². The highest BCUT2D eigenvalue weighted by atomic mass is 16.5. The predicted octanol–water partition coefficient (Wildman–Crippen LogP) is 3.53. The summed E-state index contributed by atoms with van der Waals surface area (Å²) in [5.41, 5.74) is 4.43. The van der Waals surface area contributed by atoms with Crippen molar-refractivity contribution >= 4 is 17.6 Å². The number of carbonyl (C=O) groups excluding carboxylic acids is 1. The van der Waals surface area contributed by atoms with E-state index in [4.69, 9.17) is 9.47 Å². The third kappa shape index (κ3) is 4.12. The van der Waals surface area contributed by atoms with Gasteiger partial charge in [0.05, 0.1) is 17.7 Å². The normalized spacial score (nSPS) is 11.3. The molecule has 0 bridgehead atoms. The quantitative estimate of drug-likeness (QED) is 0.342. The fourth-order valence-corrected chi connectivity index (χ4v) is 3.43. The van der Waals surface area contributed by atoms with Gasteiger partial charge in [-0.2, -0.15) is 10.5 Å². The number of aromatic nitrogens is 2. The molecule has 0 unspecified atom stereocenters. The molecule has 0 aromatic carbocycles. The highest BCUT2D eigenvalue weighted by Gasteiger charge is 2.16. The van der Waals surface area contributed by atoms with Crippen molar-refractivity contribution in [1.82, 2.24) is 8.97 Å². The molecular formula is C23H22N4O3. The zero-order valence-electron chi connectivity index (χ0n) is 17.2. The van der Waals surface area contributed by atoms with Crippen molar-refractivity contribution in [2.75, 3.05) is 13.7 Å². The van der Waals surface area contributed by atoms with Gasteiger partial charge in [-0.25, -0.2) is 4.79 Å². The van der Waals surface area contributed by atoms with Gasteiger partial charge in [-0.3, -0.25) is 0 Å². The van der Waals surface area contributed by atoms with Gasteiger partial charge < -0.3 is 18.4 Å². The molecule has 0 saturated carbocycles. The number of ether oxygens (including phenoxy) is 2. The topological polar surface area (TPSA) is 92.4 Å². The van der Waals surface area contributed by atoms with Crippen LogP contribution in [0.25, 0.3) is 11.6 Å². The smallest absolute Gasteiger partial charge is 0.349 e. The van der Waals surface area contributed by atoms with Gasteiger partial charge in [0.1, 0.15) is 24.3 Å². The fraction of sp³-hybridized carbons (Fsp3) is 0.261. The van der Waals surface area contributed by atoms with Gasteiger partial charge in [-0.1, -0.05) is 6.07 Å². The van der Waals surface area contributed by atoms with Crippen molar-refractivity contribution in [1.29, 1.82) is 10.5 Å². The summed E-state index contributed by atoms with van der Waals surface area (Å²) in [6.07, 6.45) is 5.11. The lowest BCUT2D eigenvalue weighted by Crippen LogP contribution is -2.08. The number of carbonyl (C=O) groups is 1. The molecule has 152 valence electrons. The number of hydrogen-bond donors (Lipinski definition) is 0. The second-order valence-electron chi connectivity index (χ2n) is 6.85. The van der Waals surface area contributed by atoms with Crippen molar-refractivity contribution < 1.29 is 14.3 Å². The molecule has 0 amide bonds. The summed E-state index contributed by atoms with van der Waals surface area (Å²) in [4.78, 5) is 12.5. The molecule has 3 aromatic heterocycles. The first-order chi connectivity index (χ1) is 14.5. The molecular weight excluding hydrogens is 380 g/mol. The standard InChI is InChI=1S/C23H22N4O3/c1-16-10-18(17(2)27(16)8-9-29-3)11-19(12-24)23(28)30-15-20-14-26-7-5-4-6-22(26)21(20)13-25/h4-7,10-11,14H,8-9,15H2,1-3H3/b19-11+. The monoisotopic (exact) mass is 402 g/mol. The molecule has 0 N–H and O–H groups in total. The predicted molar refractivity (Wildman–Crippen MR) is 111 cm³/mol. The Labute approximate surface area is 175 Å². The molecule has 30 heavy (non-hydrogen) atoms. The number of nitriles is 2. The van der Waals surface area contributed by atoms with Crippen LogP contribution in [0.1, 0.15) is 28.1 Å². The average molecular weight is 402 g/mol. The van der Waals surface area contributed by atoms with Crippen molar-refractivity contribution in [2.45, 2.75) is 27.0 Å². The molecule has 3 aromatic rings. The average Bonchev–Trinajstić information content (AvgIpc) is 3.24. The molecule has 0 radical (unpaired) electrons. The van der Waals surface area contributed by atoms with Crippen LogP contribution in [0.4, 0.5) is 0 Å². The molecule has 7 nitrogen and oxygen atoms in total. The Balaban J connectivity index is 1.80. The van der Waals surface area contributed by atoms with E-state index in [-0.39, 0.29) is 12.2 Å². The first kappa shape index (κ1) is 20.9. The van der Waals surface area contributed by atoms with Gasteiger partial charge in [0.25, 0.3) is 0 Å². The van der Waals surface area contributed by atoms with Gasteiger partial charge >= 0.3 is 5.97 Å². The summed E-state index contributed by atoms with van der Waals surface area (Å²) in [6.45, 7) is 5.06. The van der Waals surface area contributed by atoms with Crippen molar-refractivity contribution in [3.05, 3.63) is 70.3 Å². The molecule has 0 aliphatic carbocycles. The van der Waals surface area contributed by atoms with Gasteiger partial charge in [0.2, 0.25) is 0 Å². The maximum absolute atomic E-state index is 12.5. The number of hydrogen-bond acceptors (Lipinski definition) is 5. The molecule has 0 aliphatic rings. The Bertz CT molecular complexity index is 1200. The second-order valence-corrected chi connectivity index (χ2v) is 6.85. The van der Waals surface area contributed by atoms with Crippen LogP contribution in [0.2, 0.25) is 0 Å². The van der Waals surface area contributed by atoms with E-state index in [0.29, 0.717) is 24.3 Å². The lowest BCUT2D eigenvalue weighted by Gasteiger charge is -2.08. The van der Waals surface area contributed by atoms with Gasteiger partial charge in [-0.05, 0) is 43.7 Å². The number of aryl methyl sites for hydroxylation is 1. The zero-order chi connectivity index (χ0) is 21.7. The van der Waals surface area contributed by atoms with Crippen LogP contribution in [-0.4, -0.2) is 28.7 Å². The molecule has 0 saturated heterocycles. The highest BCUT2D eigenvalue weighted by Crippen LogP contribution is 2.21. The Morgan fingerprint density at radius 2 is 2.07 bits per heavy atom. The van der Waals surface area contributed by atoms with E-state index in [1.54, 1.807) is 17.7 Å². The van der Waals surface area contributed by atoms with E-state index in [0.717, 1.165) is 22.5 Å². The third-order valence-corrected chi connectivity index (χ3v) is 5.00. The SMILES string of the molecule is COCCn1c(C)cc(/C=C(\C#N)C(=O)OCc2cn3ccccc3c2C#N)c1C. The van der Waals surface area contributed by atoms with E-state index in [2.05, 4.69) is 10.6 Å². The maximum Gasteiger partial charge on any atom is 0.349 e. The van der Waals surface area contributed by atoms with Crippen LogP contribution >= 0.6 is 0 Å². The molecule has 0 aliphatic heterocycles. The third-order valence-electron chi connectivity index (χ3n) is 5.00. The van der Waals surface area contributed by atoms with E-state index < -0.39 is 5.97 Å².